The summed E-state index contributed by atoms with van der Waals surface area (Å²) in [6, 6.07) is 14.6. The van der Waals surface area contributed by atoms with E-state index >= 15 is 0 Å². The molecule has 42 heavy (non-hydrogen) atoms. The van der Waals surface area contributed by atoms with Gasteiger partial charge in [-0.15, -0.1) is 0 Å². The maximum Gasteiger partial charge on any atom is 0.292 e. The van der Waals surface area contributed by atoms with E-state index < -0.39 is 0 Å². The van der Waals surface area contributed by atoms with Gasteiger partial charge in [0, 0.05) is 30.1 Å². The number of oxazole rings is 1. The smallest absolute Gasteiger partial charge is 0.292 e. The summed E-state index contributed by atoms with van der Waals surface area (Å²) in [5.74, 6) is 1.02. The fourth-order valence-electron chi connectivity index (χ4n) is 5.92. The zero-order chi connectivity index (χ0) is 29.0. The number of rotatable bonds is 6. The van der Waals surface area contributed by atoms with Gasteiger partial charge in [-0.25, -0.2) is 19.6 Å². The van der Waals surface area contributed by atoms with Crippen molar-refractivity contribution in [3.63, 3.8) is 0 Å². The second-order valence-electron chi connectivity index (χ2n) is 11.2. The highest BCUT2D eigenvalue weighted by molar-refractivity contribution is 5.99. The van der Waals surface area contributed by atoms with E-state index in [1.807, 2.05) is 22.9 Å². The van der Waals surface area contributed by atoms with Crippen LogP contribution in [0.3, 0.4) is 0 Å². The minimum absolute atomic E-state index is 0.112. The van der Waals surface area contributed by atoms with Crippen LogP contribution in [0.15, 0.2) is 53.2 Å². The molecule has 2 aromatic carbocycles. The number of piperidine rings is 1. The van der Waals surface area contributed by atoms with Gasteiger partial charge in [-0.1, -0.05) is 18.2 Å². The van der Waals surface area contributed by atoms with Crippen molar-refractivity contribution in [2.45, 2.75) is 52.3 Å². The molecule has 6 aromatic rings. The van der Waals surface area contributed by atoms with Crippen LogP contribution in [-0.2, 0) is 6.54 Å². The summed E-state index contributed by atoms with van der Waals surface area (Å²) in [4.78, 5) is 20.6. The van der Waals surface area contributed by atoms with Crippen molar-refractivity contribution in [1.29, 1.82) is 0 Å². The number of nitrogen functional groups attached to an aromatic ring is 2. The number of hydrogen-bond donors (Lipinski definition) is 2. The topological polar surface area (TPSA) is 147 Å². The molecule has 214 valence electrons. The molecule has 11 heteroatoms. The number of fused-ring (bicyclic) bond motifs is 3. The number of nitrogens with two attached hydrogens (primary N) is 2. The van der Waals surface area contributed by atoms with Crippen molar-refractivity contribution < 1.29 is 9.15 Å². The van der Waals surface area contributed by atoms with Gasteiger partial charge in [0.15, 0.2) is 11.2 Å². The number of anilines is 2. The van der Waals surface area contributed by atoms with Gasteiger partial charge in [0.1, 0.15) is 29.5 Å². The van der Waals surface area contributed by atoms with E-state index in [1.54, 1.807) is 0 Å². The molecule has 4 N–H and O–H groups in total. The van der Waals surface area contributed by atoms with E-state index in [2.05, 4.69) is 64.9 Å². The summed E-state index contributed by atoms with van der Waals surface area (Å²) in [5, 5.41) is 7.75. The number of likely N-dealkylation sites (tertiary alicyclic amines) is 1. The summed E-state index contributed by atoms with van der Waals surface area (Å²) >= 11 is 0. The average molecular weight is 564 g/mol. The Morgan fingerprint density at radius 2 is 1.86 bits per heavy atom. The van der Waals surface area contributed by atoms with Crippen LogP contribution in [0.25, 0.3) is 44.2 Å². The van der Waals surface area contributed by atoms with E-state index in [-0.39, 0.29) is 12.1 Å². The van der Waals surface area contributed by atoms with Crippen molar-refractivity contribution in [2.24, 2.45) is 0 Å². The van der Waals surface area contributed by atoms with Crippen LogP contribution < -0.4 is 16.2 Å². The minimum atomic E-state index is 0.112. The lowest BCUT2D eigenvalue weighted by Crippen LogP contribution is -2.41. The third kappa shape index (κ3) is 4.65. The molecule has 0 spiro atoms. The standard InChI is InChI=1S/C31H33N9O2/c1-17(2)39-11-9-22(10-12-39)41-30-25-18(3)5-4-6-19(25)13-21(36-30)15-40-29-26(28(32)34-16-35-29)27(38-40)20-7-8-24-23(14-20)37-31(33)42-24/h4-8,13-14,16-17,22H,9-12,15H2,1-3H3,(H2,33,37)(H2,32,34,35). The number of hydrogen-bond acceptors (Lipinski definition) is 10. The lowest BCUT2D eigenvalue weighted by molar-refractivity contribution is 0.0822. The Morgan fingerprint density at radius 3 is 2.67 bits per heavy atom. The Hall–Kier alpha value is -4.77. The first-order chi connectivity index (χ1) is 20.3. The van der Waals surface area contributed by atoms with Crippen molar-refractivity contribution in [1.82, 2.24) is 34.6 Å². The van der Waals surface area contributed by atoms with Crippen LogP contribution in [0.5, 0.6) is 5.88 Å². The first kappa shape index (κ1) is 26.1. The number of nitrogens with zero attached hydrogens (tertiary/aromatic N) is 7. The van der Waals surface area contributed by atoms with Gasteiger partial charge in [0.2, 0.25) is 5.88 Å². The maximum atomic E-state index is 6.64. The van der Waals surface area contributed by atoms with Gasteiger partial charge in [0.05, 0.1) is 17.6 Å². The van der Waals surface area contributed by atoms with Gasteiger partial charge in [-0.3, -0.25) is 0 Å². The zero-order valence-electron chi connectivity index (χ0n) is 23.9. The predicted molar refractivity (Wildman–Crippen MR) is 163 cm³/mol. The molecule has 11 nitrogen and oxygen atoms in total. The molecule has 0 radical (unpaired) electrons. The fourth-order valence-corrected chi connectivity index (χ4v) is 5.92. The molecule has 0 unspecified atom stereocenters. The fraction of sp³-hybridized carbons (Fsp3) is 0.323. The van der Waals surface area contributed by atoms with E-state index in [0.29, 0.717) is 52.1 Å². The second kappa shape index (κ2) is 10.3. The molecule has 1 aliphatic rings. The van der Waals surface area contributed by atoms with E-state index in [0.717, 1.165) is 53.5 Å². The minimum Gasteiger partial charge on any atom is -0.474 e. The van der Waals surface area contributed by atoms with E-state index in [4.69, 9.17) is 30.7 Å². The molecule has 4 aromatic heterocycles. The van der Waals surface area contributed by atoms with Gasteiger partial charge in [-0.2, -0.15) is 10.1 Å². The van der Waals surface area contributed by atoms with Crippen LogP contribution in [0, 0.1) is 6.92 Å². The Balaban J connectivity index is 1.28. The van der Waals surface area contributed by atoms with Crippen LogP contribution >= 0.6 is 0 Å². The highest BCUT2D eigenvalue weighted by Gasteiger charge is 2.24. The van der Waals surface area contributed by atoms with Crippen molar-refractivity contribution >= 4 is 44.7 Å². The van der Waals surface area contributed by atoms with Crippen LogP contribution in [0.2, 0.25) is 0 Å². The molecule has 0 atom stereocenters. The number of benzene rings is 2. The Bertz CT molecular complexity index is 1940. The van der Waals surface area contributed by atoms with Crippen molar-refractivity contribution in [2.75, 3.05) is 24.6 Å². The van der Waals surface area contributed by atoms with Gasteiger partial charge in [0.25, 0.3) is 6.01 Å². The molecule has 1 aliphatic heterocycles. The van der Waals surface area contributed by atoms with Crippen LogP contribution in [0.1, 0.15) is 37.9 Å². The lowest BCUT2D eigenvalue weighted by Gasteiger charge is -2.34. The van der Waals surface area contributed by atoms with Gasteiger partial charge >= 0.3 is 0 Å². The van der Waals surface area contributed by atoms with Crippen molar-refractivity contribution in [3.8, 4) is 17.1 Å². The summed E-state index contributed by atoms with van der Waals surface area (Å²) < 4.78 is 13.9. The zero-order valence-corrected chi connectivity index (χ0v) is 23.9. The summed E-state index contributed by atoms with van der Waals surface area (Å²) in [6.07, 6.45) is 3.52. The summed E-state index contributed by atoms with van der Waals surface area (Å²) in [6.45, 7) is 9.01. The highest BCUT2D eigenvalue weighted by Crippen LogP contribution is 2.34. The number of pyridine rings is 1. The van der Waals surface area contributed by atoms with Crippen molar-refractivity contribution in [3.05, 3.63) is 60.0 Å². The largest absolute Gasteiger partial charge is 0.474 e. The first-order valence-corrected chi connectivity index (χ1v) is 14.3. The Kier molecular flexibility index (Phi) is 6.38. The first-order valence-electron chi connectivity index (χ1n) is 14.3. The monoisotopic (exact) mass is 563 g/mol. The molecule has 0 aliphatic carbocycles. The van der Waals surface area contributed by atoms with Gasteiger partial charge < -0.3 is 25.5 Å². The number of aryl methyl sites for hydroxylation is 1. The molecule has 1 fully saturated rings. The molecule has 5 heterocycles. The number of aromatic nitrogens is 6. The maximum absolute atomic E-state index is 6.64. The molecule has 0 amide bonds. The molecule has 7 rings (SSSR count). The number of ether oxygens (including phenoxy) is 1. The lowest BCUT2D eigenvalue weighted by atomic mass is 10.0. The molecule has 0 saturated carbocycles. The Labute approximate surface area is 242 Å². The Morgan fingerprint density at radius 1 is 1.02 bits per heavy atom. The molecular weight excluding hydrogens is 530 g/mol. The SMILES string of the molecule is Cc1cccc2cc(Cn3nc(-c4ccc5oc(N)nc5c4)c4c(N)ncnc43)nc(OC3CCN(C(C)C)CC3)c12. The molecule has 0 bridgehead atoms. The highest BCUT2D eigenvalue weighted by atomic mass is 16.5. The summed E-state index contributed by atoms with van der Waals surface area (Å²) in [5.41, 5.74) is 17.4. The second-order valence-corrected chi connectivity index (χ2v) is 11.2. The quantitative estimate of drug-likeness (QED) is 0.285. The third-order valence-electron chi connectivity index (χ3n) is 8.12. The van der Waals surface area contributed by atoms with E-state index in [1.165, 1.54) is 6.33 Å². The average Bonchev–Trinajstić information content (AvgIpc) is 3.53. The molecular formula is C31H33N9O2. The third-order valence-corrected chi connectivity index (χ3v) is 8.12. The normalized spacial score (nSPS) is 15.0. The van der Waals surface area contributed by atoms with Gasteiger partial charge in [-0.05, 0) is 68.8 Å². The predicted octanol–water partition coefficient (Wildman–Crippen LogP) is 4.96. The van der Waals surface area contributed by atoms with Crippen LogP contribution in [-0.4, -0.2) is 59.9 Å². The van der Waals surface area contributed by atoms with Crippen LogP contribution in [0.4, 0.5) is 11.8 Å². The van der Waals surface area contributed by atoms with E-state index in [9.17, 15) is 0 Å². The molecule has 1 saturated heterocycles. The summed E-state index contributed by atoms with van der Waals surface area (Å²) in [7, 11) is 0.